The van der Waals surface area contributed by atoms with Crippen molar-refractivity contribution in [2.24, 2.45) is 5.41 Å². The van der Waals surface area contributed by atoms with E-state index in [2.05, 4.69) is 6.07 Å². The number of hydrogen-bond acceptors (Lipinski definition) is 3. The largest absolute Gasteiger partial charge is 0.387 e. The monoisotopic (exact) mass is 231 g/mol. The van der Waals surface area contributed by atoms with E-state index in [0.29, 0.717) is 0 Å². The molecule has 1 N–H and O–H groups in total. The Kier molecular flexibility index (Phi) is 2.71. The van der Waals surface area contributed by atoms with Gasteiger partial charge in [0, 0.05) is 10.3 Å². The first-order valence-electron chi connectivity index (χ1n) is 5.12. The average Bonchev–Trinajstić information content (AvgIpc) is 2.71. The van der Waals surface area contributed by atoms with E-state index in [1.807, 2.05) is 29.6 Å². The first-order valence-corrected chi connectivity index (χ1v) is 5.99. The molecule has 1 aromatic carbocycles. The highest BCUT2D eigenvalue weighted by Crippen LogP contribution is 2.38. The van der Waals surface area contributed by atoms with Crippen LogP contribution in [-0.4, -0.2) is 5.11 Å². The first kappa shape index (κ1) is 11.1. The van der Waals surface area contributed by atoms with Crippen LogP contribution in [0.15, 0.2) is 29.6 Å². The standard InChI is InChI=1S/C13H13NOS/c1-13(2,8-14)12(15)10-7-16-11-6-4-3-5-9(10)11/h3-7,12,15H,1-2H3. The van der Waals surface area contributed by atoms with Crippen LogP contribution in [0.3, 0.4) is 0 Å². The lowest BCUT2D eigenvalue weighted by molar-refractivity contribution is 0.0884. The maximum absolute atomic E-state index is 10.2. The zero-order valence-electron chi connectivity index (χ0n) is 9.27. The van der Waals surface area contributed by atoms with Gasteiger partial charge in [0.15, 0.2) is 0 Å². The fourth-order valence-corrected chi connectivity index (χ4v) is 2.64. The van der Waals surface area contributed by atoms with E-state index in [0.717, 1.165) is 15.6 Å². The second kappa shape index (κ2) is 3.89. The SMILES string of the molecule is CC(C)(C#N)C(O)c1csc2ccccc12. The molecule has 82 valence electrons. The van der Waals surface area contributed by atoms with Gasteiger partial charge in [0.25, 0.3) is 0 Å². The van der Waals surface area contributed by atoms with Crippen LogP contribution in [0.5, 0.6) is 0 Å². The van der Waals surface area contributed by atoms with Crippen LogP contribution < -0.4 is 0 Å². The van der Waals surface area contributed by atoms with E-state index in [4.69, 9.17) is 5.26 Å². The number of benzene rings is 1. The van der Waals surface area contributed by atoms with Gasteiger partial charge in [0.1, 0.15) is 0 Å². The first-order chi connectivity index (χ1) is 7.56. The smallest absolute Gasteiger partial charge is 0.0984 e. The molecule has 2 rings (SSSR count). The lowest BCUT2D eigenvalue weighted by Gasteiger charge is -2.22. The van der Waals surface area contributed by atoms with Crippen molar-refractivity contribution in [3.63, 3.8) is 0 Å². The number of fused-ring (bicyclic) bond motifs is 1. The van der Waals surface area contributed by atoms with E-state index in [-0.39, 0.29) is 0 Å². The number of nitrogens with zero attached hydrogens (tertiary/aromatic N) is 1. The van der Waals surface area contributed by atoms with Crippen LogP contribution in [0.4, 0.5) is 0 Å². The van der Waals surface area contributed by atoms with Crippen LogP contribution in [0.25, 0.3) is 10.1 Å². The van der Waals surface area contributed by atoms with Crippen molar-refractivity contribution < 1.29 is 5.11 Å². The molecule has 0 aliphatic rings. The minimum Gasteiger partial charge on any atom is -0.387 e. The summed E-state index contributed by atoms with van der Waals surface area (Å²) in [6.45, 7) is 3.51. The van der Waals surface area contributed by atoms with Gasteiger partial charge in [0.2, 0.25) is 0 Å². The summed E-state index contributed by atoms with van der Waals surface area (Å²) in [6.07, 6.45) is -0.742. The number of thiophene rings is 1. The maximum atomic E-state index is 10.2. The number of rotatable bonds is 2. The molecule has 0 radical (unpaired) electrons. The van der Waals surface area contributed by atoms with Crippen LogP contribution in [0, 0.1) is 16.7 Å². The van der Waals surface area contributed by atoms with E-state index >= 15 is 0 Å². The van der Waals surface area contributed by atoms with Crippen molar-refractivity contribution >= 4 is 21.4 Å². The summed E-state index contributed by atoms with van der Waals surface area (Å²) >= 11 is 1.60. The Bertz CT molecular complexity index is 550. The Labute approximate surface area is 98.8 Å². The van der Waals surface area contributed by atoms with Gasteiger partial charge >= 0.3 is 0 Å². The molecule has 0 amide bonds. The van der Waals surface area contributed by atoms with Gasteiger partial charge in [-0.05, 0) is 30.7 Å². The van der Waals surface area contributed by atoms with Gasteiger partial charge in [-0.15, -0.1) is 11.3 Å². The normalized spacial score (nSPS) is 13.6. The lowest BCUT2D eigenvalue weighted by atomic mass is 9.84. The van der Waals surface area contributed by atoms with Crippen LogP contribution in [0.1, 0.15) is 25.5 Å². The van der Waals surface area contributed by atoms with Gasteiger partial charge in [-0.2, -0.15) is 5.26 Å². The van der Waals surface area contributed by atoms with E-state index in [1.54, 1.807) is 25.2 Å². The topological polar surface area (TPSA) is 44.0 Å². The molecular formula is C13H13NOS. The van der Waals surface area contributed by atoms with Crippen LogP contribution in [-0.2, 0) is 0 Å². The Morgan fingerprint density at radius 2 is 2.06 bits per heavy atom. The highest BCUT2D eigenvalue weighted by Gasteiger charge is 2.30. The number of nitriles is 1. The molecule has 1 atom stereocenters. The number of hydrogen-bond donors (Lipinski definition) is 1. The van der Waals surface area contributed by atoms with Crippen molar-refractivity contribution in [3.05, 3.63) is 35.2 Å². The summed E-state index contributed by atoms with van der Waals surface area (Å²) in [5, 5.41) is 22.2. The molecule has 0 bridgehead atoms. The maximum Gasteiger partial charge on any atom is 0.0984 e. The molecule has 16 heavy (non-hydrogen) atoms. The van der Waals surface area contributed by atoms with Gasteiger partial charge in [0.05, 0.1) is 17.6 Å². The molecule has 0 fully saturated rings. The highest BCUT2D eigenvalue weighted by atomic mass is 32.1. The Morgan fingerprint density at radius 3 is 2.75 bits per heavy atom. The zero-order valence-corrected chi connectivity index (χ0v) is 10.1. The summed E-state index contributed by atoms with van der Waals surface area (Å²) in [7, 11) is 0. The van der Waals surface area contributed by atoms with Gasteiger partial charge in [-0.3, -0.25) is 0 Å². The molecule has 3 heteroatoms. The van der Waals surface area contributed by atoms with Crippen molar-refractivity contribution in [2.75, 3.05) is 0 Å². The third-order valence-electron chi connectivity index (χ3n) is 2.78. The summed E-state index contributed by atoms with van der Waals surface area (Å²) < 4.78 is 1.14. The fraction of sp³-hybridized carbons (Fsp3) is 0.308. The van der Waals surface area contributed by atoms with Crippen molar-refractivity contribution in [1.82, 2.24) is 0 Å². The van der Waals surface area contributed by atoms with Crippen LogP contribution >= 0.6 is 11.3 Å². The summed E-state index contributed by atoms with van der Waals surface area (Å²) in [6, 6.07) is 10.1. The van der Waals surface area contributed by atoms with Gasteiger partial charge in [-0.1, -0.05) is 18.2 Å². The Morgan fingerprint density at radius 1 is 1.38 bits per heavy atom. The predicted octanol–water partition coefficient (Wildman–Crippen LogP) is 3.48. The van der Waals surface area contributed by atoms with Crippen LogP contribution in [0.2, 0.25) is 0 Å². The molecule has 1 heterocycles. The van der Waals surface area contributed by atoms with Crippen molar-refractivity contribution in [2.45, 2.75) is 20.0 Å². The second-order valence-electron chi connectivity index (χ2n) is 4.42. The average molecular weight is 231 g/mol. The van der Waals surface area contributed by atoms with E-state index in [1.165, 1.54) is 0 Å². The zero-order chi connectivity index (χ0) is 11.8. The molecule has 0 saturated carbocycles. The van der Waals surface area contributed by atoms with Crippen molar-refractivity contribution in [3.8, 4) is 6.07 Å². The molecule has 0 aliphatic heterocycles. The highest BCUT2D eigenvalue weighted by molar-refractivity contribution is 7.17. The number of aliphatic hydroxyl groups excluding tert-OH is 1. The number of aliphatic hydroxyl groups is 1. The minimum atomic E-state index is -0.760. The molecule has 0 aliphatic carbocycles. The van der Waals surface area contributed by atoms with Gasteiger partial charge < -0.3 is 5.11 Å². The summed E-state index contributed by atoms with van der Waals surface area (Å²) in [4.78, 5) is 0. The molecule has 0 spiro atoms. The predicted molar refractivity (Wildman–Crippen MR) is 66.2 cm³/mol. The molecule has 2 nitrogen and oxygen atoms in total. The quantitative estimate of drug-likeness (QED) is 0.859. The Balaban J connectivity index is 2.53. The van der Waals surface area contributed by atoms with E-state index < -0.39 is 11.5 Å². The minimum absolute atomic E-state index is 0.742. The summed E-state index contributed by atoms with van der Waals surface area (Å²) in [5.74, 6) is 0. The Hall–Kier alpha value is -1.37. The molecule has 1 unspecified atom stereocenters. The lowest BCUT2D eigenvalue weighted by Crippen LogP contribution is -2.19. The summed E-state index contributed by atoms with van der Waals surface area (Å²) in [5.41, 5.74) is 0.0938. The van der Waals surface area contributed by atoms with Gasteiger partial charge in [-0.25, -0.2) is 0 Å². The van der Waals surface area contributed by atoms with Crippen molar-refractivity contribution in [1.29, 1.82) is 5.26 Å². The second-order valence-corrected chi connectivity index (χ2v) is 5.33. The third kappa shape index (κ3) is 1.71. The fourth-order valence-electron chi connectivity index (χ4n) is 1.66. The molecular weight excluding hydrogens is 218 g/mol. The molecule has 2 aromatic rings. The third-order valence-corrected chi connectivity index (χ3v) is 3.76. The van der Waals surface area contributed by atoms with E-state index in [9.17, 15) is 5.11 Å². The molecule has 1 aromatic heterocycles. The molecule has 0 saturated heterocycles.